The number of hydrogen-bond acceptors (Lipinski definition) is 5. The number of carbonyl (C=O) groups is 2. The molecule has 206 valence electrons. The van der Waals surface area contributed by atoms with E-state index in [0.717, 1.165) is 22.5 Å². The molecule has 0 saturated carbocycles. The van der Waals surface area contributed by atoms with Gasteiger partial charge in [-0.3, -0.25) is 14.5 Å². The lowest BCUT2D eigenvalue weighted by molar-refractivity contribution is -0.120. The summed E-state index contributed by atoms with van der Waals surface area (Å²) in [4.78, 5) is 38.7. The zero-order valence-electron chi connectivity index (χ0n) is 22.5. The van der Waals surface area contributed by atoms with Crippen molar-refractivity contribution in [3.63, 3.8) is 0 Å². The predicted molar refractivity (Wildman–Crippen MR) is 164 cm³/mol. The van der Waals surface area contributed by atoms with Gasteiger partial charge < -0.3 is 20.0 Å². The van der Waals surface area contributed by atoms with Gasteiger partial charge in [0.15, 0.2) is 5.11 Å². The number of anilines is 2. The molecule has 1 atom stereocenters. The second-order valence-corrected chi connectivity index (χ2v) is 10.6. The molecule has 8 nitrogen and oxygen atoms in total. The molecule has 0 radical (unpaired) electrons. The van der Waals surface area contributed by atoms with E-state index in [4.69, 9.17) is 28.8 Å². The zero-order valence-corrected chi connectivity index (χ0v) is 24.0. The van der Waals surface area contributed by atoms with E-state index in [0.29, 0.717) is 48.6 Å². The van der Waals surface area contributed by atoms with E-state index < -0.39 is 6.17 Å². The lowest BCUT2D eigenvalue weighted by Gasteiger charge is -2.37. The molecule has 2 amide bonds. The lowest BCUT2D eigenvalue weighted by Crippen LogP contribution is -2.56. The predicted octanol–water partition coefficient (Wildman–Crippen LogP) is 3.64. The van der Waals surface area contributed by atoms with Crippen LogP contribution >= 0.6 is 23.8 Å². The minimum atomic E-state index is -0.905. The summed E-state index contributed by atoms with van der Waals surface area (Å²) >= 11 is 12.1. The quantitative estimate of drug-likeness (QED) is 0.469. The van der Waals surface area contributed by atoms with Crippen LogP contribution in [-0.2, 0) is 9.59 Å². The molecule has 0 bridgehead atoms. The Bertz CT molecular complexity index is 1430. The highest BCUT2D eigenvalue weighted by atomic mass is 35.5. The van der Waals surface area contributed by atoms with Gasteiger partial charge in [-0.25, -0.2) is 4.99 Å². The van der Waals surface area contributed by atoms with E-state index in [2.05, 4.69) is 10.2 Å². The number of piperazine rings is 1. The molecule has 1 fully saturated rings. The molecule has 40 heavy (non-hydrogen) atoms. The van der Waals surface area contributed by atoms with Gasteiger partial charge in [-0.1, -0.05) is 60.1 Å². The molecule has 2 aliphatic heterocycles. The summed E-state index contributed by atoms with van der Waals surface area (Å²) in [6, 6.07) is 24.8. The summed E-state index contributed by atoms with van der Waals surface area (Å²) in [5.74, 6) is -0.181. The van der Waals surface area contributed by atoms with E-state index in [-0.39, 0.29) is 11.8 Å². The van der Waals surface area contributed by atoms with Crippen molar-refractivity contribution in [2.45, 2.75) is 6.17 Å². The van der Waals surface area contributed by atoms with Gasteiger partial charge in [-0.15, -0.1) is 0 Å². The van der Waals surface area contributed by atoms with Crippen molar-refractivity contribution >= 4 is 57.8 Å². The van der Waals surface area contributed by atoms with Gasteiger partial charge in [0.2, 0.25) is 12.1 Å². The summed E-state index contributed by atoms with van der Waals surface area (Å²) in [5, 5.41) is 4.23. The smallest absolute Gasteiger partial charge is 0.272 e. The van der Waals surface area contributed by atoms with Crippen LogP contribution in [0.4, 0.5) is 11.4 Å². The highest BCUT2D eigenvalue weighted by Crippen LogP contribution is 2.30. The maximum absolute atomic E-state index is 13.5. The Morgan fingerprint density at radius 1 is 1.02 bits per heavy atom. The zero-order chi connectivity index (χ0) is 28.2. The third-order valence-corrected chi connectivity index (χ3v) is 7.85. The van der Waals surface area contributed by atoms with Crippen molar-refractivity contribution in [1.29, 1.82) is 0 Å². The number of fused-ring (bicyclic) bond motifs is 1. The molecule has 0 aromatic heterocycles. The second-order valence-electron chi connectivity index (χ2n) is 9.81. The molecule has 10 heteroatoms. The molecule has 1 saturated heterocycles. The van der Waals surface area contributed by atoms with Crippen molar-refractivity contribution in [2.75, 3.05) is 56.6 Å². The Labute approximate surface area is 244 Å². The van der Waals surface area contributed by atoms with Gasteiger partial charge in [0.1, 0.15) is 0 Å². The molecule has 0 spiro atoms. The summed E-state index contributed by atoms with van der Waals surface area (Å²) in [6.07, 6.45) is -0.905. The second kappa shape index (κ2) is 12.2. The molecule has 2 aliphatic rings. The SMILES string of the molecule is CN(C(=O)CN1CCN(C(=S)NC2N=C(c3ccccc3)c3cc(Cl)ccc3N(C)C2=O)CC1)c1ccccc1. The monoisotopic (exact) mass is 574 g/mol. The molecule has 3 aromatic carbocycles. The summed E-state index contributed by atoms with van der Waals surface area (Å²) in [6.45, 7) is 2.96. The minimum absolute atomic E-state index is 0.0369. The topological polar surface area (TPSA) is 71.5 Å². The van der Waals surface area contributed by atoms with Crippen molar-refractivity contribution in [2.24, 2.45) is 4.99 Å². The van der Waals surface area contributed by atoms with Crippen LogP contribution in [0.25, 0.3) is 0 Å². The molecule has 0 aliphatic carbocycles. The van der Waals surface area contributed by atoms with Crippen molar-refractivity contribution < 1.29 is 9.59 Å². The van der Waals surface area contributed by atoms with Crippen LogP contribution in [0.15, 0.2) is 83.9 Å². The van der Waals surface area contributed by atoms with E-state index in [1.807, 2.05) is 77.7 Å². The number of para-hydroxylation sites is 1. The van der Waals surface area contributed by atoms with Crippen LogP contribution in [0.5, 0.6) is 0 Å². The fourth-order valence-corrected chi connectivity index (χ4v) is 5.34. The maximum atomic E-state index is 13.5. The number of aliphatic imine (C=N–C) groups is 1. The van der Waals surface area contributed by atoms with E-state index in [1.165, 1.54) is 0 Å². The van der Waals surface area contributed by atoms with E-state index in [1.54, 1.807) is 30.0 Å². The number of halogens is 1. The molecule has 1 unspecified atom stereocenters. The number of nitrogens with one attached hydrogen (secondary N) is 1. The van der Waals surface area contributed by atoms with Gasteiger partial charge in [-0.05, 0) is 42.5 Å². The fraction of sp³-hybridized carbons (Fsp3) is 0.267. The average molecular weight is 575 g/mol. The molecule has 2 heterocycles. The Kier molecular flexibility index (Phi) is 8.44. The fourth-order valence-electron chi connectivity index (χ4n) is 4.88. The van der Waals surface area contributed by atoms with E-state index >= 15 is 0 Å². The van der Waals surface area contributed by atoms with Crippen molar-refractivity contribution in [1.82, 2.24) is 15.1 Å². The number of nitrogens with zero attached hydrogens (tertiary/aromatic N) is 5. The number of likely N-dealkylation sites (N-methyl/N-ethyl adjacent to an activating group) is 2. The highest BCUT2D eigenvalue weighted by molar-refractivity contribution is 7.80. The number of benzodiazepines with no additional fused rings is 1. The van der Waals surface area contributed by atoms with Gasteiger partial charge in [0.25, 0.3) is 5.91 Å². The first-order chi connectivity index (χ1) is 19.3. The van der Waals surface area contributed by atoms with Crippen LogP contribution < -0.4 is 15.1 Å². The van der Waals surface area contributed by atoms with Crippen molar-refractivity contribution in [3.8, 4) is 0 Å². The number of rotatable bonds is 5. The van der Waals surface area contributed by atoms with Crippen LogP contribution in [-0.4, -0.2) is 85.4 Å². The third kappa shape index (κ3) is 6.01. The normalized spacial score (nSPS) is 17.5. The molecule has 5 rings (SSSR count). The Morgan fingerprint density at radius 3 is 2.35 bits per heavy atom. The van der Waals surface area contributed by atoms with Crippen molar-refractivity contribution in [3.05, 3.63) is 95.0 Å². The molecule has 1 N–H and O–H groups in total. The maximum Gasteiger partial charge on any atom is 0.272 e. The molecule has 3 aromatic rings. The number of benzene rings is 3. The lowest BCUT2D eigenvalue weighted by atomic mass is 10.0. The first-order valence-corrected chi connectivity index (χ1v) is 13.9. The molecular formula is C30H31ClN6O2S. The largest absolute Gasteiger partial charge is 0.347 e. The Morgan fingerprint density at radius 2 is 1.68 bits per heavy atom. The number of thiocarbonyl (C=S) groups is 1. The number of carbonyl (C=O) groups excluding carboxylic acids is 2. The first-order valence-electron chi connectivity index (χ1n) is 13.1. The van der Waals surface area contributed by atoms with Crippen LogP contribution in [0.2, 0.25) is 5.02 Å². The summed E-state index contributed by atoms with van der Waals surface area (Å²) in [7, 11) is 3.53. The van der Waals surface area contributed by atoms with Gasteiger partial charge in [0.05, 0.1) is 17.9 Å². The third-order valence-electron chi connectivity index (χ3n) is 7.24. The minimum Gasteiger partial charge on any atom is -0.347 e. The van der Waals surface area contributed by atoms with Crippen LogP contribution in [0.1, 0.15) is 11.1 Å². The standard InChI is InChI=1S/C30H31ClN6O2S/c1-34(23-11-7-4-8-12-23)26(38)20-36-15-17-37(18-16-36)30(40)33-28-29(39)35(2)25-14-13-22(31)19-24(25)27(32-28)21-9-5-3-6-10-21/h3-14,19,28H,15-18,20H2,1-2H3,(H,33,40). The average Bonchev–Trinajstić information content (AvgIpc) is 3.08. The Hall–Kier alpha value is -3.79. The Balaban J connectivity index is 1.27. The first kappa shape index (κ1) is 27.8. The summed E-state index contributed by atoms with van der Waals surface area (Å²) in [5.41, 5.74) is 3.93. The van der Waals surface area contributed by atoms with Crippen LogP contribution in [0.3, 0.4) is 0 Å². The number of hydrogen-bond donors (Lipinski definition) is 1. The van der Waals surface area contributed by atoms with Gasteiger partial charge in [-0.2, -0.15) is 0 Å². The van der Waals surface area contributed by atoms with E-state index in [9.17, 15) is 9.59 Å². The van der Waals surface area contributed by atoms with Crippen LogP contribution in [0, 0.1) is 0 Å². The number of amides is 2. The molecular weight excluding hydrogens is 544 g/mol. The van der Waals surface area contributed by atoms with Gasteiger partial charge in [0, 0.05) is 62.1 Å². The highest BCUT2D eigenvalue weighted by Gasteiger charge is 2.32. The summed E-state index contributed by atoms with van der Waals surface area (Å²) < 4.78 is 0. The van der Waals surface area contributed by atoms with Gasteiger partial charge >= 0.3 is 0 Å².